The lowest BCUT2D eigenvalue weighted by molar-refractivity contribution is -0.385. The van der Waals surface area contributed by atoms with E-state index in [9.17, 15) is 20.0 Å². The number of hydrogen-bond donors (Lipinski definition) is 1. The average Bonchev–Trinajstić information content (AvgIpc) is 2.97. The molecule has 0 bridgehead atoms. The van der Waals surface area contributed by atoms with E-state index in [1.54, 1.807) is 0 Å². The summed E-state index contributed by atoms with van der Waals surface area (Å²) in [6, 6.07) is 4.22. The monoisotopic (exact) mass is 374 g/mol. The molecule has 136 valence electrons. The highest BCUT2D eigenvalue weighted by Crippen LogP contribution is 2.41. The van der Waals surface area contributed by atoms with E-state index in [1.807, 2.05) is 0 Å². The number of aliphatic imine (C=N–C) groups is 1. The van der Waals surface area contributed by atoms with E-state index in [0.29, 0.717) is 16.5 Å². The first-order valence-electron chi connectivity index (χ1n) is 8.15. The van der Waals surface area contributed by atoms with Gasteiger partial charge in [0.1, 0.15) is 5.00 Å². The minimum atomic E-state index is -0.655. The number of nitro groups is 1. The normalized spacial score (nSPS) is 16.5. The van der Waals surface area contributed by atoms with Crippen LogP contribution in [0.5, 0.6) is 5.75 Å². The van der Waals surface area contributed by atoms with Crippen LogP contribution in [0.1, 0.15) is 39.7 Å². The number of phenolic OH excluding ortho intramolecular Hbond substituents is 1. The summed E-state index contributed by atoms with van der Waals surface area (Å²) in [6.45, 7) is 2.17. The van der Waals surface area contributed by atoms with Crippen LogP contribution in [-0.4, -0.2) is 29.3 Å². The highest BCUT2D eigenvalue weighted by atomic mass is 32.1. The van der Waals surface area contributed by atoms with Gasteiger partial charge in [0.15, 0.2) is 0 Å². The zero-order valence-electron chi connectivity index (χ0n) is 14.4. The first-order chi connectivity index (χ1) is 12.4. The predicted octanol–water partition coefficient (Wildman–Crippen LogP) is 4.02. The fourth-order valence-corrected chi connectivity index (χ4v) is 4.41. The lowest BCUT2D eigenvalue weighted by atomic mass is 9.88. The maximum atomic E-state index is 12.2. The third-order valence-corrected chi connectivity index (χ3v) is 5.61. The van der Waals surface area contributed by atoms with Gasteiger partial charge in [0.05, 0.1) is 17.6 Å². The first-order valence-corrected chi connectivity index (χ1v) is 8.97. The molecule has 0 unspecified atom stereocenters. The fraction of sp³-hybridized carbons (Fsp3) is 0.333. The van der Waals surface area contributed by atoms with Crippen molar-refractivity contribution in [1.29, 1.82) is 0 Å². The van der Waals surface area contributed by atoms with Crippen molar-refractivity contribution in [2.45, 2.75) is 26.2 Å². The topological polar surface area (TPSA) is 102 Å². The van der Waals surface area contributed by atoms with Gasteiger partial charge in [-0.2, -0.15) is 0 Å². The van der Waals surface area contributed by atoms with E-state index in [0.717, 1.165) is 29.7 Å². The molecular weight excluding hydrogens is 356 g/mol. The smallest absolute Gasteiger partial charge is 0.341 e. The second kappa shape index (κ2) is 7.25. The SMILES string of the molecule is COC(=O)c1c(N=Cc2cccc([N+](=O)[O-])c2O)sc2c1CC[C@H](C)C2. The Hall–Kier alpha value is -2.74. The predicted molar refractivity (Wildman–Crippen MR) is 98.9 cm³/mol. The number of carbonyl (C=O) groups excluding carboxylic acids is 1. The number of para-hydroxylation sites is 1. The summed E-state index contributed by atoms with van der Waals surface area (Å²) in [6.07, 6.45) is 4.04. The molecule has 8 heteroatoms. The molecule has 0 aliphatic heterocycles. The van der Waals surface area contributed by atoms with Crippen molar-refractivity contribution in [2.75, 3.05) is 7.11 Å². The molecule has 7 nitrogen and oxygen atoms in total. The second-order valence-corrected chi connectivity index (χ2v) is 7.34. The molecule has 0 radical (unpaired) electrons. The molecule has 1 aliphatic rings. The molecule has 26 heavy (non-hydrogen) atoms. The van der Waals surface area contributed by atoms with Gasteiger partial charge >= 0.3 is 11.7 Å². The first kappa shape index (κ1) is 18.1. The van der Waals surface area contributed by atoms with Crippen molar-refractivity contribution in [3.05, 3.63) is 49.9 Å². The van der Waals surface area contributed by atoms with E-state index in [1.165, 1.54) is 42.9 Å². The average molecular weight is 374 g/mol. The van der Waals surface area contributed by atoms with Crippen molar-refractivity contribution < 1.29 is 19.6 Å². The van der Waals surface area contributed by atoms with E-state index < -0.39 is 16.6 Å². The molecule has 1 atom stereocenters. The Morgan fingerprint density at radius 3 is 2.96 bits per heavy atom. The fourth-order valence-electron chi connectivity index (χ4n) is 3.07. The number of phenols is 1. The molecule has 1 aromatic carbocycles. The van der Waals surface area contributed by atoms with Crippen LogP contribution in [0, 0.1) is 16.0 Å². The Bertz CT molecular complexity index is 903. The summed E-state index contributed by atoms with van der Waals surface area (Å²) in [5.41, 5.74) is 1.27. The van der Waals surface area contributed by atoms with Gasteiger partial charge in [-0.1, -0.05) is 13.0 Å². The molecule has 3 rings (SSSR count). The van der Waals surface area contributed by atoms with Crippen LogP contribution in [0.4, 0.5) is 10.7 Å². The van der Waals surface area contributed by atoms with Crippen LogP contribution < -0.4 is 0 Å². The standard InChI is InChI=1S/C18H18N2O5S/c1-10-6-7-12-14(8-10)26-17(15(12)18(22)25-2)19-9-11-4-3-5-13(16(11)21)20(23)24/h3-5,9-10,21H,6-8H2,1-2H3/t10-/m0/s1. The third-order valence-electron chi connectivity index (χ3n) is 4.45. The quantitative estimate of drug-likeness (QED) is 0.377. The molecule has 0 fully saturated rings. The Balaban J connectivity index is 2.03. The number of ether oxygens (including phenoxy) is 1. The number of methoxy groups -OCH3 is 1. The molecular formula is C18H18N2O5S. The van der Waals surface area contributed by atoms with Crippen LogP contribution in [-0.2, 0) is 17.6 Å². The van der Waals surface area contributed by atoms with E-state index in [4.69, 9.17) is 4.74 Å². The summed E-state index contributed by atoms with van der Waals surface area (Å²) in [7, 11) is 1.33. The number of rotatable bonds is 4. The van der Waals surface area contributed by atoms with Gasteiger partial charge in [0.2, 0.25) is 5.75 Å². The van der Waals surface area contributed by atoms with Gasteiger partial charge in [-0.05, 0) is 36.8 Å². The lowest BCUT2D eigenvalue weighted by Gasteiger charge is -2.18. The number of fused-ring (bicyclic) bond motifs is 1. The number of benzene rings is 1. The van der Waals surface area contributed by atoms with E-state index in [2.05, 4.69) is 11.9 Å². The van der Waals surface area contributed by atoms with E-state index in [-0.39, 0.29) is 11.3 Å². The molecule has 0 saturated carbocycles. The molecule has 0 spiro atoms. The summed E-state index contributed by atoms with van der Waals surface area (Å²) < 4.78 is 4.91. The number of nitro benzene ring substituents is 1. The Morgan fingerprint density at radius 2 is 2.27 bits per heavy atom. The number of hydrogen-bond acceptors (Lipinski definition) is 7. The zero-order chi connectivity index (χ0) is 18.8. The highest BCUT2D eigenvalue weighted by molar-refractivity contribution is 7.16. The van der Waals surface area contributed by atoms with Crippen molar-refractivity contribution in [2.24, 2.45) is 10.9 Å². The summed E-state index contributed by atoms with van der Waals surface area (Å²) in [5, 5.41) is 21.5. The number of aromatic hydroxyl groups is 1. The number of esters is 1. The Labute approximate surface area is 154 Å². The maximum absolute atomic E-state index is 12.2. The van der Waals surface area contributed by atoms with Gasteiger partial charge in [0, 0.05) is 22.7 Å². The maximum Gasteiger partial charge on any atom is 0.341 e. The molecule has 0 saturated heterocycles. The molecule has 1 N–H and O–H groups in total. The molecule has 1 aromatic heterocycles. The Morgan fingerprint density at radius 1 is 1.50 bits per heavy atom. The molecule has 2 aromatic rings. The van der Waals surface area contributed by atoms with Crippen molar-refractivity contribution in [3.8, 4) is 5.75 Å². The van der Waals surface area contributed by atoms with Crippen LogP contribution in [0.15, 0.2) is 23.2 Å². The van der Waals surface area contributed by atoms with Gasteiger partial charge < -0.3 is 9.84 Å². The second-order valence-electron chi connectivity index (χ2n) is 6.25. The summed E-state index contributed by atoms with van der Waals surface area (Å²) >= 11 is 1.43. The highest BCUT2D eigenvalue weighted by Gasteiger charge is 2.28. The van der Waals surface area contributed by atoms with Gasteiger partial charge in [-0.15, -0.1) is 11.3 Å². The molecule has 0 amide bonds. The lowest BCUT2D eigenvalue weighted by Crippen LogP contribution is -2.12. The van der Waals surface area contributed by atoms with Gasteiger partial charge in [-0.3, -0.25) is 10.1 Å². The minimum absolute atomic E-state index is 0.217. The zero-order valence-corrected chi connectivity index (χ0v) is 15.2. The van der Waals surface area contributed by atoms with Crippen LogP contribution >= 0.6 is 11.3 Å². The van der Waals surface area contributed by atoms with Crippen molar-refractivity contribution in [1.82, 2.24) is 0 Å². The van der Waals surface area contributed by atoms with Crippen LogP contribution in [0.3, 0.4) is 0 Å². The van der Waals surface area contributed by atoms with Crippen LogP contribution in [0.25, 0.3) is 0 Å². The summed E-state index contributed by atoms with van der Waals surface area (Å²) in [5.74, 6) is -0.340. The van der Waals surface area contributed by atoms with E-state index >= 15 is 0 Å². The minimum Gasteiger partial charge on any atom is -0.502 e. The number of nitrogens with zero attached hydrogens (tertiary/aromatic N) is 2. The van der Waals surface area contributed by atoms with Crippen LogP contribution in [0.2, 0.25) is 0 Å². The van der Waals surface area contributed by atoms with Gasteiger partial charge in [-0.25, -0.2) is 9.79 Å². The van der Waals surface area contributed by atoms with Crippen molar-refractivity contribution >= 4 is 34.2 Å². The Kier molecular flexibility index (Phi) is 5.03. The number of carbonyl (C=O) groups is 1. The van der Waals surface area contributed by atoms with Gasteiger partial charge in [0.25, 0.3) is 0 Å². The molecule has 1 aliphatic carbocycles. The van der Waals surface area contributed by atoms with Crippen molar-refractivity contribution in [3.63, 3.8) is 0 Å². The number of thiophene rings is 1. The summed E-state index contributed by atoms with van der Waals surface area (Å²) in [4.78, 5) is 28.0. The largest absolute Gasteiger partial charge is 0.502 e. The third kappa shape index (κ3) is 3.32. The molecule has 1 heterocycles.